The van der Waals surface area contributed by atoms with Crippen molar-refractivity contribution >= 4 is 5.69 Å². The molecule has 106 valence electrons. The van der Waals surface area contributed by atoms with E-state index in [1.165, 1.54) is 0 Å². The summed E-state index contributed by atoms with van der Waals surface area (Å²) in [4.78, 5) is 5.19. The summed E-state index contributed by atoms with van der Waals surface area (Å²) < 4.78 is 38.0. The van der Waals surface area contributed by atoms with Gasteiger partial charge in [-0.1, -0.05) is 0 Å². The van der Waals surface area contributed by atoms with E-state index in [0.29, 0.717) is 12.2 Å². The van der Waals surface area contributed by atoms with Crippen LogP contribution in [0.1, 0.15) is 32.4 Å². The highest BCUT2D eigenvalue weighted by Gasteiger charge is 2.38. The number of nitrogens with zero attached hydrogens (tertiary/aromatic N) is 2. The number of alkyl halides is 3. The molecular formula is C13H17F3N2O. The minimum atomic E-state index is -4.44. The first-order valence-corrected chi connectivity index (χ1v) is 6.22. The third-order valence-corrected chi connectivity index (χ3v) is 3.43. The molecular weight excluding hydrogens is 257 g/mol. The zero-order valence-corrected chi connectivity index (χ0v) is 10.9. The van der Waals surface area contributed by atoms with Crippen molar-refractivity contribution in [3.63, 3.8) is 0 Å². The molecule has 1 N–H and O–H groups in total. The van der Waals surface area contributed by atoms with Crippen molar-refractivity contribution in [1.82, 2.24) is 4.98 Å². The van der Waals surface area contributed by atoms with E-state index in [-0.39, 0.29) is 6.04 Å². The zero-order valence-electron chi connectivity index (χ0n) is 10.9. The molecule has 1 aromatic heterocycles. The van der Waals surface area contributed by atoms with Crippen LogP contribution in [0.15, 0.2) is 18.3 Å². The lowest BCUT2D eigenvalue weighted by molar-refractivity contribution is -0.141. The summed E-state index contributed by atoms with van der Waals surface area (Å²) in [5, 5.41) is 10.1. The van der Waals surface area contributed by atoms with Gasteiger partial charge in [0.15, 0.2) is 0 Å². The number of hydrogen-bond acceptors (Lipinski definition) is 3. The van der Waals surface area contributed by atoms with E-state index in [4.69, 9.17) is 0 Å². The fourth-order valence-corrected chi connectivity index (χ4v) is 2.56. The molecule has 0 radical (unpaired) electrons. The van der Waals surface area contributed by atoms with Crippen LogP contribution in [0.25, 0.3) is 0 Å². The van der Waals surface area contributed by atoms with E-state index < -0.39 is 17.5 Å². The first-order chi connectivity index (χ1) is 8.69. The number of aliphatic hydroxyl groups is 1. The number of pyridine rings is 1. The Kier molecular flexibility index (Phi) is 3.47. The fourth-order valence-electron chi connectivity index (χ4n) is 2.56. The third kappa shape index (κ3) is 3.00. The molecule has 0 amide bonds. The molecule has 2 rings (SSSR count). The van der Waals surface area contributed by atoms with Crippen LogP contribution in [0.2, 0.25) is 0 Å². The molecule has 1 atom stereocenters. The monoisotopic (exact) mass is 274 g/mol. The summed E-state index contributed by atoms with van der Waals surface area (Å²) in [6.07, 6.45) is -1.65. The zero-order chi connectivity index (χ0) is 14.3. The Balaban J connectivity index is 2.32. The van der Waals surface area contributed by atoms with Crippen LogP contribution >= 0.6 is 0 Å². The van der Waals surface area contributed by atoms with E-state index in [0.717, 1.165) is 25.1 Å². The maximum Gasteiger partial charge on any atom is 0.433 e. The van der Waals surface area contributed by atoms with Gasteiger partial charge in [-0.05, 0) is 38.8 Å². The van der Waals surface area contributed by atoms with Crippen LogP contribution in [0.4, 0.5) is 18.9 Å². The highest BCUT2D eigenvalue weighted by Crippen LogP contribution is 2.34. The summed E-state index contributed by atoms with van der Waals surface area (Å²) in [5.41, 5.74) is -1.38. The molecule has 0 bridgehead atoms. The molecule has 6 heteroatoms. The maximum absolute atomic E-state index is 12.7. The van der Waals surface area contributed by atoms with Crippen LogP contribution in [0, 0.1) is 0 Å². The molecule has 0 unspecified atom stereocenters. The predicted molar refractivity (Wildman–Crippen MR) is 65.9 cm³/mol. The van der Waals surface area contributed by atoms with E-state index in [1.807, 2.05) is 4.90 Å². The quantitative estimate of drug-likeness (QED) is 0.901. The van der Waals surface area contributed by atoms with Gasteiger partial charge >= 0.3 is 6.18 Å². The molecule has 3 nitrogen and oxygen atoms in total. The average Bonchev–Trinajstić information content (AvgIpc) is 2.76. The first-order valence-electron chi connectivity index (χ1n) is 6.22. The van der Waals surface area contributed by atoms with Gasteiger partial charge in [-0.25, -0.2) is 0 Å². The highest BCUT2D eigenvalue weighted by molar-refractivity contribution is 5.49. The van der Waals surface area contributed by atoms with E-state index in [9.17, 15) is 18.3 Å². The van der Waals surface area contributed by atoms with Gasteiger partial charge < -0.3 is 10.0 Å². The second-order valence-corrected chi connectivity index (χ2v) is 5.40. The third-order valence-electron chi connectivity index (χ3n) is 3.43. The Labute approximate surface area is 110 Å². The van der Waals surface area contributed by atoms with Crippen molar-refractivity contribution in [1.29, 1.82) is 0 Å². The lowest BCUT2D eigenvalue weighted by atomic mass is 9.96. The van der Waals surface area contributed by atoms with Gasteiger partial charge in [0.25, 0.3) is 0 Å². The predicted octanol–water partition coefficient (Wildman–Crippen LogP) is 2.84. The van der Waals surface area contributed by atoms with Crippen LogP contribution in [0.5, 0.6) is 0 Å². The molecule has 0 aliphatic carbocycles. The molecule has 2 heterocycles. The lowest BCUT2D eigenvalue weighted by Crippen LogP contribution is -2.45. The number of hydrogen-bond donors (Lipinski definition) is 1. The fraction of sp³-hybridized carbons (Fsp3) is 0.615. The van der Waals surface area contributed by atoms with Crippen LogP contribution in [-0.4, -0.2) is 28.3 Å². The van der Waals surface area contributed by atoms with Gasteiger partial charge in [0.1, 0.15) is 5.69 Å². The Morgan fingerprint density at radius 3 is 2.63 bits per heavy atom. The van der Waals surface area contributed by atoms with Crippen molar-refractivity contribution < 1.29 is 18.3 Å². The van der Waals surface area contributed by atoms with Crippen molar-refractivity contribution in [2.75, 3.05) is 11.4 Å². The molecule has 0 saturated carbocycles. The minimum absolute atomic E-state index is 0.170. The molecule has 0 aromatic carbocycles. The Hall–Kier alpha value is -1.30. The van der Waals surface area contributed by atoms with E-state index in [1.54, 1.807) is 19.9 Å². The normalized spacial score (nSPS) is 20.9. The second kappa shape index (κ2) is 4.67. The minimum Gasteiger partial charge on any atom is -0.388 e. The van der Waals surface area contributed by atoms with Gasteiger partial charge in [-0.15, -0.1) is 0 Å². The number of rotatable bonds is 2. The van der Waals surface area contributed by atoms with Gasteiger partial charge in [-0.2, -0.15) is 13.2 Å². The largest absolute Gasteiger partial charge is 0.433 e. The number of anilines is 1. The smallest absolute Gasteiger partial charge is 0.388 e. The summed E-state index contributed by atoms with van der Waals surface area (Å²) in [6.45, 7) is 4.01. The van der Waals surface area contributed by atoms with Crippen LogP contribution in [-0.2, 0) is 6.18 Å². The summed E-state index contributed by atoms with van der Waals surface area (Å²) >= 11 is 0. The van der Waals surface area contributed by atoms with Gasteiger partial charge in [0.05, 0.1) is 11.6 Å². The first kappa shape index (κ1) is 14.1. The van der Waals surface area contributed by atoms with Crippen molar-refractivity contribution in [3.05, 3.63) is 24.0 Å². The summed E-state index contributed by atoms with van der Waals surface area (Å²) in [7, 11) is 0. The topological polar surface area (TPSA) is 36.4 Å². The van der Waals surface area contributed by atoms with Crippen LogP contribution < -0.4 is 4.90 Å². The maximum atomic E-state index is 12.7. The summed E-state index contributed by atoms with van der Waals surface area (Å²) in [6, 6.07) is 2.43. The Bertz CT molecular complexity index is 454. The molecule has 1 aromatic rings. The van der Waals surface area contributed by atoms with E-state index >= 15 is 0 Å². The van der Waals surface area contributed by atoms with Crippen molar-refractivity contribution in [2.24, 2.45) is 0 Å². The van der Waals surface area contributed by atoms with Gasteiger partial charge in [-0.3, -0.25) is 4.98 Å². The Morgan fingerprint density at radius 2 is 2.05 bits per heavy atom. The Morgan fingerprint density at radius 1 is 1.37 bits per heavy atom. The van der Waals surface area contributed by atoms with Crippen molar-refractivity contribution in [2.45, 2.75) is 44.5 Å². The molecule has 1 aliphatic heterocycles. The molecule has 19 heavy (non-hydrogen) atoms. The van der Waals surface area contributed by atoms with Gasteiger partial charge in [0.2, 0.25) is 0 Å². The molecule has 1 aliphatic rings. The SMILES string of the molecule is CC(C)(O)[C@H]1CCCN1c1ccnc(C(F)(F)F)c1. The van der Waals surface area contributed by atoms with Crippen molar-refractivity contribution in [3.8, 4) is 0 Å². The number of aromatic nitrogens is 1. The standard InChI is InChI=1S/C13H17F3N2O/c1-12(2,19)11-4-3-7-18(11)9-5-6-17-10(8-9)13(14,15)16/h5-6,8,11,19H,3-4,7H2,1-2H3/t11-/m1/s1. The molecule has 0 spiro atoms. The van der Waals surface area contributed by atoms with Gasteiger partial charge in [0, 0.05) is 18.4 Å². The lowest BCUT2D eigenvalue weighted by Gasteiger charge is -2.35. The number of halogens is 3. The van der Waals surface area contributed by atoms with Crippen LogP contribution in [0.3, 0.4) is 0 Å². The van der Waals surface area contributed by atoms with E-state index in [2.05, 4.69) is 4.98 Å². The molecule has 1 fully saturated rings. The highest BCUT2D eigenvalue weighted by atomic mass is 19.4. The molecule has 1 saturated heterocycles. The average molecular weight is 274 g/mol. The summed E-state index contributed by atoms with van der Waals surface area (Å²) in [5.74, 6) is 0. The second-order valence-electron chi connectivity index (χ2n) is 5.40.